The van der Waals surface area contributed by atoms with Crippen molar-refractivity contribution in [1.82, 2.24) is 0 Å². The summed E-state index contributed by atoms with van der Waals surface area (Å²) in [5, 5.41) is 19.4. The van der Waals surface area contributed by atoms with E-state index in [4.69, 9.17) is 0 Å². The zero-order valence-electron chi connectivity index (χ0n) is 10.3. The summed E-state index contributed by atoms with van der Waals surface area (Å²) in [5.74, 6) is 0.938. The molecule has 0 saturated carbocycles. The molecule has 2 nitrogen and oxygen atoms in total. The first-order valence-electron chi connectivity index (χ1n) is 5.85. The molecule has 1 rings (SSSR count). The highest BCUT2D eigenvalue weighted by Gasteiger charge is 2.37. The van der Waals surface area contributed by atoms with Gasteiger partial charge < -0.3 is 10.2 Å². The Morgan fingerprint density at radius 3 is 2.60 bits per heavy atom. The molecule has 1 aliphatic carbocycles. The summed E-state index contributed by atoms with van der Waals surface area (Å²) in [4.78, 5) is 0. The van der Waals surface area contributed by atoms with Gasteiger partial charge in [-0.05, 0) is 51.4 Å². The molecule has 0 aromatic heterocycles. The van der Waals surface area contributed by atoms with Crippen molar-refractivity contribution < 1.29 is 10.2 Å². The zero-order valence-corrected chi connectivity index (χ0v) is 10.3. The fourth-order valence-corrected chi connectivity index (χ4v) is 2.65. The fourth-order valence-electron chi connectivity index (χ4n) is 2.65. The van der Waals surface area contributed by atoms with E-state index < -0.39 is 5.60 Å². The van der Waals surface area contributed by atoms with E-state index in [0.29, 0.717) is 5.92 Å². The molecular weight excluding hydrogens is 188 g/mol. The SMILES string of the molecule is CC1=CCC(C(C)(C)O)C(C(C)CO)C1. The highest BCUT2D eigenvalue weighted by Crippen LogP contribution is 2.40. The minimum Gasteiger partial charge on any atom is -0.396 e. The molecule has 0 heterocycles. The van der Waals surface area contributed by atoms with Crippen LogP contribution < -0.4 is 0 Å². The van der Waals surface area contributed by atoms with Gasteiger partial charge >= 0.3 is 0 Å². The average molecular weight is 212 g/mol. The van der Waals surface area contributed by atoms with Gasteiger partial charge in [-0.2, -0.15) is 0 Å². The molecule has 0 amide bonds. The highest BCUT2D eigenvalue weighted by molar-refractivity contribution is 5.08. The predicted octanol–water partition coefficient (Wildman–Crippen LogP) is 2.36. The van der Waals surface area contributed by atoms with Crippen LogP contribution in [-0.4, -0.2) is 22.4 Å². The van der Waals surface area contributed by atoms with Crippen molar-refractivity contribution in [2.24, 2.45) is 17.8 Å². The molecule has 2 N–H and O–H groups in total. The lowest BCUT2D eigenvalue weighted by Crippen LogP contribution is -2.40. The largest absolute Gasteiger partial charge is 0.396 e. The number of hydrogen-bond donors (Lipinski definition) is 2. The summed E-state index contributed by atoms with van der Waals surface area (Å²) in [6.07, 6.45) is 4.17. The molecule has 0 spiro atoms. The molecule has 88 valence electrons. The second kappa shape index (κ2) is 4.67. The van der Waals surface area contributed by atoms with Crippen molar-refractivity contribution in [1.29, 1.82) is 0 Å². The van der Waals surface area contributed by atoms with Gasteiger partial charge in [0.05, 0.1) is 5.60 Å². The highest BCUT2D eigenvalue weighted by atomic mass is 16.3. The summed E-state index contributed by atoms with van der Waals surface area (Å²) in [5.41, 5.74) is 0.742. The van der Waals surface area contributed by atoms with E-state index in [1.54, 1.807) is 0 Å². The van der Waals surface area contributed by atoms with Crippen LogP contribution in [0.3, 0.4) is 0 Å². The number of allylic oxidation sites excluding steroid dienone is 2. The number of rotatable bonds is 3. The van der Waals surface area contributed by atoms with Gasteiger partial charge in [-0.15, -0.1) is 0 Å². The molecule has 1 aliphatic rings. The third-order valence-electron chi connectivity index (χ3n) is 3.72. The van der Waals surface area contributed by atoms with Crippen molar-refractivity contribution in [2.75, 3.05) is 6.61 Å². The van der Waals surface area contributed by atoms with Crippen LogP contribution in [0.4, 0.5) is 0 Å². The van der Waals surface area contributed by atoms with E-state index in [1.165, 1.54) is 5.57 Å². The molecular formula is C13H24O2. The lowest BCUT2D eigenvalue weighted by atomic mass is 9.67. The fraction of sp³-hybridized carbons (Fsp3) is 0.846. The summed E-state index contributed by atoms with van der Waals surface area (Å²) in [6, 6.07) is 0. The molecule has 15 heavy (non-hydrogen) atoms. The second-order valence-corrected chi connectivity index (χ2v) is 5.57. The normalized spacial score (nSPS) is 29.9. The van der Waals surface area contributed by atoms with Crippen molar-refractivity contribution in [3.8, 4) is 0 Å². The van der Waals surface area contributed by atoms with E-state index in [0.717, 1.165) is 12.8 Å². The van der Waals surface area contributed by atoms with Crippen molar-refractivity contribution >= 4 is 0 Å². The Bertz CT molecular complexity index is 237. The van der Waals surface area contributed by atoms with Crippen LogP contribution in [0.1, 0.15) is 40.5 Å². The van der Waals surface area contributed by atoms with E-state index in [1.807, 2.05) is 13.8 Å². The van der Waals surface area contributed by atoms with Crippen LogP contribution in [0.5, 0.6) is 0 Å². The van der Waals surface area contributed by atoms with Crippen LogP contribution in [0.2, 0.25) is 0 Å². The van der Waals surface area contributed by atoms with E-state index in [2.05, 4.69) is 19.9 Å². The van der Waals surface area contributed by atoms with Crippen molar-refractivity contribution in [2.45, 2.75) is 46.1 Å². The Labute approximate surface area is 93.0 Å². The number of hydrogen-bond acceptors (Lipinski definition) is 2. The van der Waals surface area contributed by atoms with E-state index >= 15 is 0 Å². The van der Waals surface area contributed by atoms with Gasteiger partial charge in [0.2, 0.25) is 0 Å². The van der Waals surface area contributed by atoms with E-state index in [-0.39, 0.29) is 18.4 Å². The topological polar surface area (TPSA) is 40.5 Å². The third kappa shape index (κ3) is 3.05. The summed E-state index contributed by atoms with van der Waals surface area (Å²) in [7, 11) is 0. The van der Waals surface area contributed by atoms with Gasteiger partial charge in [0.1, 0.15) is 0 Å². The van der Waals surface area contributed by atoms with Gasteiger partial charge in [0.25, 0.3) is 0 Å². The Morgan fingerprint density at radius 1 is 1.53 bits per heavy atom. The van der Waals surface area contributed by atoms with Gasteiger partial charge in [-0.25, -0.2) is 0 Å². The quantitative estimate of drug-likeness (QED) is 0.705. The lowest BCUT2D eigenvalue weighted by Gasteiger charge is -2.41. The molecule has 0 aromatic rings. The summed E-state index contributed by atoms with van der Waals surface area (Å²) >= 11 is 0. The number of aliphatic hydroxyl groups is 2. The number of aliphatic hydroxyl groups excluding tert-OH is 1. The first kappa shape index (κ1) is 12.7. The van der Waals surface area contributed by atoms with Crippen molar-refractivity contribution in [3.63, 3.8) is 0 Å². The average Bonchev–Trinajstić information content (AvgIpc) is 2.14. The maximum absolute atomic E-state index is 10.1. The third-order valence-corrected chi connectivity index (χ3v) is 3.72. The molecule has 0 radical (unpaired) electrons. The summed E-state index contributed by atoms with van der Waals surface area (Å²) in [6.45, 7) is 8.18. The van der Waals surface area contributed by atoms with Crippen LogP contribution in [0.25, 0.3) is 0 Å². The van der Waals surface area contributed by atoms with Gasteiger partial charge in [0.15, 0.2) is 0 Å². The Balaban J connectivity index is 2.84. The maximum atomic E-state index is 10.1. The zero-order chi connectivity index (χ0) is 11.6. The monoisotopic (exact) mass is 212 g/mol. The Morgan fingerprint density at radius 2 is 2.13 bits per heavy atom. The standard InChI is InChI=1S/C13H24O2/c1-9-5-6-12(13(3,4)15)11(7-9)10(2)8-14/h5,10-12,14-15H,6-8H2,1-4H3. The second-order valence-electron chi connectivity index (χ2n) is 5.57. The first-order chi connectivity index (χ1) is 6.86. The molecule has 3 unspecified atom stereocenters. The molecule has 0 saturated heterocycles. The Kier molecular flexibility index (Phi) is 3.96. The van der Waals surface area contributed by atoms with Gasteiger partial charge in [-0.3, -0.25) is 0 Å². The molecule has 0 fully saturated rings. The molecule has 3 atom stereocenters. The molecule has 0 bridgehead atoms. The predicted molar refractivity (Wildman–Crippen MR) is 62.5 cm³/mol. The van der Waals surface area contributed by atoms with Gasteiger partial charge in [0, 0.05) is 6.61 Å². The van der Waals surface area contributed by atoms with Crippen LogP contribution in [-0.2, 0) is 0 Å². The van der Waals surface area contributed by atoms with Crippen LogP contribution >= 0.6 is 0 Å². The van der Waals surface area contributed by atoms with Gasteiger partial charge in [-0.1, -0.05) is 18.6 Å². The maximum Gasteiger partial charge on any atom is 0.0625 e. The van der Waals surface area contributed by atoms with Crippen molar-refractivity contribution in [3.05, 3.63) is 11.6 Å². The Hall–Kier alpha value is -0.340. The minimum absolute atomic E-state index is 0.213. The van der Waals surface area contributed by atoms with E-state index in [9.17, 15) is 10.2 Å². The molecule has 0 aliphatic heterocycles. The first-order valence-corrected chi connectivity index (χ1v) is 5.85. The molecule has 0 aromatic carbocycles. The summed E-state index contributed by atoms with van der Waals surface area (Å²) < 4.78 is 0. The lowest BCUT2D eigenvalue weighted by molar-refractivity contribution is -0.0306. The minimum atomic E-state index is -0.648. The molecule has 2 heteroatoms. The van der Waals surface area contributed by atoms with Crippen LogP contribution in [0.15, 0.2) is 11.6 Å². The smallest absolute Gasteiger partial charge is 0.0625 e. The van der Waals surface area contributed by atoms with Crippen LogP contribution in [0, 0.1) is 17.8 Å².